The summed E-state index contributed by atoms with van der Waals surface area (Å²) in [5.41, 5.74) is 0.797. The van der Waals surface area contributed by atoms with Crippen molar-refractivity contribution >= 4 is 43.5 Å². The third-order valence-corrected chi connectivity index (χ3v) is 7.50. The number of nitrogens with one attached hydrogen (secondary N) is 1. The molecule has 0 aliphatic rings. The lowest BCUT2D eigenvalue weighted by molar-refractivity contribution is -0.140. The summed E-state index contributed by atoms with van der Waals surface area (Å²) in [6, 6.07) is 9.39. The second-order valence-corrected chi connectivity index (χ2v) is 11.5. The largest absolute Gasteiger partial charge is 0.352 e. The van der Waals surface area contributed by atoms with Gasteiger partial charge in [0.15, 0.2) is 11.6 Å². The molecule has 0 bridgehead atoms. The van der Waals surface area contributed by atoms with Gasteiger partial charge < -0.3 is 10.2 Å². The van der Waals surface area contributed by atoms with Crippen LogP contribution in [0, 0.1) is 11.6 Å². The number of amides is 2. The second-order valence-electron chi connectivity index (χ2n) is 8.68. The molecule has 0 unspecified atom stereocenters. The zero-order valence-corrected chi connectivity index (χ0v) is 23.2. The lowest BCUT2D eigenvalue weighted by atomic mass is 10.1. The van der Waals surface area contributed by atoms with Gasteiger partial charge in [-0.05, 0) is 56.5 Å². The molecule has 2 rings (SSSR count). The van der Waals surface area contributed by atoms with Crippen molar-refractivity contribution in [2.45, 2.75) is 58.7 Å². The number of carbonyl (C=O) groups is 2. The van der Waals surface area contributed by atoms with Gasteiger partial charge >= 0.3 is 0 Å². The Morgan fingerprint density at radius 1 is 1.06 bits per heavy atom. The Bertz CT molecular complexity index is 1160. The normalized spacial score (nSPS) is 13.1. The number of halogens is 3. The van der Waals surface area contributed by atoms with Crippen molar-refractivity contribution in [3.63, 3.8) is 0 Å². The summed E-state index contributed by atoms with van der Waals surface area (Å²) in [5.74, 6) is -2.87. The minimum Gasteiger partial charge on any atom is -0.352 e. The predicted octanol–water partition coefficient (Wildman–Crippen LogP) is 4.61. The molecule has 36 heavy (non-hydrogen) atoms. The van der Waals surface area contributed by atoms with E-state index in [9.17, 15) is 26.8 Å². The van der Waals surface area contributed by atoms with Crippen molar-refractivity contribution in [2.24, 2.45) is 0 Å². The monoisotopic (exact) mass is 587 g/mol. The van der Waals surface area contributed by atoms with Crippen LogP contribution < -0.4 is 9.62 Å². The van der Waals surface area contributed by atoms with Crippen LogP contribution in [0.4, 0.5) is 14.5 Å². The minimum atomic E-state index is -3.81. The molecule has 0 radical (unpaired) electrons. The molecule has 11 heteroatoms. The lowest BCUT2D eigenvalue weighted by Gasteiger charge is -2.30. The van der Waals surface area contributed by atoms with Crippen molar-refractivity contribution < 1.29 is 26.8 Å². The average Bonchev–Trinajstić information content (AvgIpc) is 2.81. The Balaban J connectivity index is 2.18. The summed E-state index contributed by atoms with van der Waals surface area (Å²) in [7, 11) is -3.81. The summed E-state index contributed by atoms with van der Waals surface area (Å²) in [6.07, 6.45) is 1.76. The number of rotatable bonds is 12. The number of hydrogen-bond acceptors (Lipinski definition) is 4. The van der Waals surface area contributed by atoms with Gasteiger partial charge in [0.25, 0.3) is 0 Å². The summed E-state index contributed by atoms with van der Waals surface area (Å²) in [6.45, 7) is 5.55. The Kier molecular flexibility index (Phi) is 10.8. The number of sulfonamides is 1. The fourth-order valence-corrected chi connectivity index (χ4v) is 4.70. The van der Waals surface area contributed by atoms with Crippen LogP contribution in [-0.2, 0) is 26.2 Å². The molecule has 0 spiro atoms. The van der Waals surface area contributed by atoms with Crippen LogP contribution in [0.5, 0.6) is 0 Å². The third kappa shape index (κ3) is 8.55. The lowest BCUT2D eigenvalue weighted by Crippen LogP contribution is -2.49. The first-order valence-corrected chi connectivity index (χ1v) is 14.2. The Morgan fingerprint density at radius 3 is 2.25 bits per heavy atom. The molecule has 0 fully saturated rings. The van der Waals surface area contributed by atoms with Crippen LogP contribution >= 0.6 is 15.9 Å². The van der Waals surface area contributed by atoms with Crippen LogP contribution in [0.25, 0.3) is 0 Å². The molecule has 0 aromatic heterocycles. The molecule has 198 valence electrons. The first-order valence-electron chi connectivity index (χ1n) is 11.6. The van der Waals surface area contributed by atoms with E-state index in [0.717, 1.165) is 39.2 Å². The highest BCUT2D eigenvalue weighted by Gasteiger charge is 2.27. The Morgan fingerprint density at radius 2 is 1.69 bits per heavy atom. The van der Waals surface area contributed by atoms with E-state index >= 15 is 0 Å². The minimum absolute atomic E-state index is 0.0307. The number of hydrogen-bond donors (Lipinski definition) is 1. The van der Waals surface area contributed by atoms with Gasteiger partial charge in [-0.2, -0.15) is 0 Å². The molecule has 2 atom stereocenters. The molecule has 2 aromatic rings. The topological polar surface area (TPSA) is 86.8 Å². The van der Waals surface area contributed by atoms with Crippen molar-refractivity contribution in [1.29, 1.82) is 0 Å². The number of anilines is 1. The van der Waals surface area contributed by atoms with Crippen LogP contribution in [0.15, 0.2) is 46.9 Å². The first kappa shape index (κ1) is 29.7. The van der Waals surface area contributed by atoms with Gasteiger partial charge in [-0.3, -0.25) is 13.9 Å². The number of nitrogens with zero attached hydrogens (tertiary/aromatic N) is 2. The van der Waals surface area contributed by atoms with Gasteiger partial charge in [0.2, 0.25) is 21.8 Å². The fraction of sp³-hybridized carbons (Fsp3) is 0.440. The average molecular weight is 589 g/mol. The van der Waals surface area contributed by atoms with E-state index in [1.807, 2.05) is 38.1 Å². The van der Waals surface area contributed by atoms with E-state index in [1.54, 1.807) is 6.92 Å². The first-order chi connectivity index (χ1) is 16.8. The second kappa shape index (κ2) is 13.1. The van der Waals surface area contributed by atoms with Crippen LogP contribution in [0.1, 0.15) is 45.6 Å². The van der Waals surface area contributed by atoms with E-state index < -0.39 is 27.7 Å². The van der Waals surface area contributed by atoms with E-state index in [1.165, 1.54) is 11.0 Å². The Labute approximate surface area is 220 Å². The molecule has 0 aliphatic heterocycles. The number of carbonyl (C=O) groups excluding carboxylic acids is 2. The molecule has 0 heterocycles. The Hall–Kier alpha value is -2.53. The molecule has 0 saturated heterocycles. The molecular formula is C25H32BrF2N3O4S. The van der Waals surface area contributed by atoms with Gasteiger partial charge in [0.1, 0.15) is 6.04 Å². The maximum atomic E-state index is 13.7. The molecular weight excluding hydrogens is 556 g/mol. The smallest absolute Gasteiger partial charge is 0.242 e. The molecule has 0 saturated carbocycles. The third-order valence-electron chi connectivity index (χ3n) is 5.78. The highest BCUT2D eigenvalue weighted by molar-refractivity contribution is 9.10. The van der Waals surface area contributed by atoms with Gasteiger partial charge in [0, 0.05) is 36.1 Å². The van der Waals surface area contributed by atoms with E-state index in [0.29, 0.717) is 0 Å². The standard InChI is InChI=1S/C25H32BrF2N3O4S/c1-5-17(2)29-25(33)18(3)30(16-19-8-10-20(26)11-9-19)24(32)7-6-14-31(36(4,34)35)21-12-13-22(27)23(28)15-21/h8-13,15,17-18H,5-7,14,16H2,1-4H3,(H,29,33)/t17-,18-/m0/s1. The quantitative estimate of drug-likeness (QED) is 0.393. The maximum absolute atomic E-state index is 13.7. The molecule has 7 nitrogen and oxygen atoms in total. The summed E-state index contributed by atoms with van der Waals surface area (Å²) in [4.78, 5) is 27.5. The van der Waals surface area contributed by atoms with Crippen LogP contribution in [0.3, 0.4) is 0 Å². The summed E-state index contributed by atoms with van der Waals surface area (Å²) < 4.78 is 53.4. The summed E-state index contributed by atoms with van der Waals surface area (Å²) in [5, 5.41) is 2.89. The fourth-order valence-electron chi connectivity index (χ4n) is 3.48. The van der Waals surface area contributed by atoms with Crippen LogP contribution in [-0.4, -0.2) is 50.0 Å². The predicted molar refractivity (Wildman–Crippen MR) is 140 cm³/mol. The SMILES string of the molecule is CC[C@H](C)NC(=O)[C@H](C)N(Cc1ccc(Br)cc1)C(=O)CCCN(c1ccc(F)c(F)c1)S(C)(=O)=O. The van der Waals surface area contributed by atoms with E-state index in [4.69, 9.17) is 0 Å². The van der Waals surface area contributed by atoms with Gasteiger partial charge in [-0.25, -0.2) is 17.2 Å². The zero-order chi connectivity index (χ0) is 27.0. The van der Waals surface area contributed by atoms with Crippen molar-refractivity contribution in [3.8, 4) is 0 Å². The molecule has 2 amide bonds. The molecule has 2 aromatic carbocycles. The van der Waals surface area contributed by atoms with Gasteiger partial charge in [-0.1, -0.05) is 35.0 Å². The van der Waals surface area contributed by atoms with Crippen LogP contribution in [0.2, 0.25) is 0 Å². The number of benzene rings is 2. The van der Waals surface area contributed by atoms with E-state index in [2.05, 4.69) is 21.2 Å². The van der Waals surface area contributed by atoms with Gasteiger partial charge in [-0.15, -0.1) is 0 Å². The summed E-state index contributed by atoms with van der Waals surface area (Å²) >= 11 is 3.38. The van der Waals surface area contributed by atoms with Crippen molar-refractivity contribution in [3.05, 3.63) is 64.1 Å². The highest BCUT2D eigenvalue weighted by Crippen LogP contribution is 2.22. The van der Waals surface area contributed by atoms with Crippen molar-refractivity contribution in [2.75, 3.05) is 17.1 Å². The van der Waals surface area contributed by atoms with E-state index in [-0.39, 0.29) is 49.5 Å². The van der Waals surface area contributed by atoms with Gasteiger partial charge in [0.05, 0.1) is 11.9 Å². The zero-order valence-electron chi connectivity index (χ0n) is 20.8. The molecule has 0 aliphatic carbocycles. The molecule has 1 N–H and O–H groups in total. The van der Waals surface area contributed by atoms with Crippen molar-refractivity contribution in [1.82, 2.24) is 10.2 Å². The maximum Gasteiger partial charge on any atom is 0.242 e. The highest BCUT2D eigenvalue weighted by atomic mass is 79.9.